The second-order valence-corrected chi connectivity index (χ2v) is 10.6. The molecule has 3 aromatic rings. The number of ether oxygens (including phenoxy) is 5. The minimum absolute atomic E-state index is 0.00236. The number of benzene rings is 3. The van der Waals surface area contributed by atoms with Gasteiger partial charge in [-0.3, -0.25) is 0 Å². The molecule has 47 heavy (non-hydrogen) atoms. The molecule has 9 heteroatoms. The Balaban J connectivity index is 2.15. The summed E-state index contributed by atoms with van der Waals surface area (Å²) in [5.74, 6) is -2.23. The normalized spacial score (nSPS) is 10.5. The van der Waals surface area contributed by atoms with Crippen molar-refractivity contribution in [3.05, 3.63) is 115 Å². The summed E-state index contributed by atoms with van der Waals surface area (Å²) in [6.45, 7) is 22.5. The predicted molar refractivity (Wildman–Crippen MR) is 179 cm³/mol. The van der Waals surface area contributed by atoms with Crippen molar-refractivity contribution in [2.75, 3.05) is 6.61 Å². The molecule has 0 bridgehead atoms. The highest BCUT2D eigenvalue weighted by atomic mass is 16.6. The first-order valence-electron chi connectivity index (χ1n) is 14.4. The smallest absolute Gasteiger partial charge is 0.338 e. The Labute approximate surface area is 274 Å². The lowest BCUT2D eigenvalue weighted by Gasteiger charge is -2.16. The summed E-state index contributed by atoms with van der Waals surface area (Å²) in [6.07, 6.45) is 3.67. The van der Waals surface area contributed by atoms with Crippen LogP contribution in [0.5, 0.6) is 28.7 Å². The lowest BCUT2D eigenvalue weighted by atomic mass is 9.98. The van der Waals surface area contributed by atoms with E-state index in [1.807, 2.05) is 25.1 Å². The number of hydrogen-bond donors (Lipinski definition) is 0. The molecule has 0 saturated heterocycles. The van der Waals surface area contributed by atoms with Crippen LogP contribution in [0.1, 0.15) is 34.6 Å². The molecule has 0 aliphatic rings. The van der Waals surface area contributed by atoms with Crippen LogP contribution in [-0.4, -0.2) is 30.5 Å². The molecular weight excluding hydrogens is 600 g/mol. The van der Waals surface area contributed by atoms with Crippen LogP contribution in [0.3, 0.4) is 0 Å². The monoisotopic (exact) mass is 636 g/mol. The van der Waals surface area contributed by atoms with Crippen LogP contribution in [0.4, 0.5) is 0 Å². The third-order valence-electron chi connectivity index (χ3n) is 6.29. The quantitative estimate of drug-likeness (QED) is 0.0799. The van der Waals surface area contributed by atoms with Crippen molar-refractivity contribution in [2.45, 2.75) is 34.6 Å². The maximum absolute atomic E-state index is 12.4. The van der Waals surface area contributed by atoms with Crippen LogP contribution in [0.2, 0.25) is 0 Å². The first-order chi connectivity index (χ1) is 22.2. The lowest BCUT2D eigenvalue weighted by Crippen LogP contribution is -2.13. The van der Waals surface area contributed by atoms with Crippen molar-refractivity contribution in [1.82, 2.24) is 0 Å². The number of rotatable bonds is 13. The van der Waals surface area contributed by atoms with Crippen LogP contribution in [0.25, 0.3) is 22.3 Å². The molecule has 0 aliphatic carbocycles. The van der Waals surface area contributed by atoms with Crippen LogP contribution in [0, 0.1) is 0 Å². The highest BCUT2D eigenvalue weighted by Gasteiger charge is 2.20. The summed E-state index contributed by atoms with van der Waals surface area (Å²) < 4.78 is 27.9. The average Bonchev–Trinajstić information content (AvgIpc) is 3.02. The van der Waals surface area contributed by atoms with Crippen LogP contribution < -0.4 is 23.7 Å². The number of hydrogen-bond acceptors (Lipinski definition) is 9. The van der Waals surface area contributed by atoms with Gasteiger partial charge in [0.1, 0.15) is 12.4 Å². The molecule has 3 rings (SSSR count). The largest absolute Gasteiger partial charge is 0.489 e. The first-order valence-corrected chi connectivity index (χ1v) is 14.4. The van der Waals surface area contributed by atoms with Crippen molar-refractivity contribution in [3.8, 4) is 51.0 Å². The molecule has 242 valence electrons. The van der Waals surface area contributed by atoms with Gasteiger partial charge in [-0.25, -0.2) is 19.2 Å². The Hall–Kier alpha value is -5.96. The Kier molecular flexibility index (Phi) is 12.0. The molecular formula is C38H36O9. The standard InChI is InChI=1S/C38H36O9/c1-10-11-18-43-32-19-26(27-13-16-30(44-35(39)22(2)3)33(20-27)46-37(41)24(6)7)12-15-29(32)28-14-17-31(45-36(40)23(4)5)34(21-28)47-38(42)25(8)9/h10-17,19-21H,2,4,6,8,18H2,1,3,5,7,9H3/b11-10+. The highest BCUT2D eigenvalue weighted by Crippen LogP contribution is 2.41. The molecule has 0 amide bonds. The van der Waals surface area contributed by atoms with Gasteiger partial charge in [0.25, 0.3) is 0 Å². The van der Waals surface area contributed by atoms with E-state index >= 15 is 0 Å². The molecule has 9 nitrogen and oxygen atoms in total. The van der Waals surface area contributed by atoms with Crippen molar-refractivity contribution >= 4 is 23.9 Å². The predicted octanol–water partition coefficient (Wildman–Crippen LogP) is 7.90. The van der Waals surface area contributed by atoms with Crippen LogP contribution in [-0.2, 0) is 19.2 Å². The van der Waals surface area contributed by atoms with Gasteiger partial charge in [-0.1, -0.05) is 62.7 Å². The summed E-state index contributed by atoms with van der Waals surface area (Å²) in [5, 5.41) is 0. The summed E-state index contributed by atoms with van der Waals surface area (Å²) >= 11 is 0. The van der Waals surface area contributed by atoms with E-state index in [4.69, 9.17) is 23.7 Å². The van der Waals surface area contributed by atoms with E-state index in [0.717, 1.165) is 0 Å². The Morgan fingerprint density at radius 1 is 0.532 bits per heavy atom. The zero-order valence-electron chi connectivity index (χ0n) is 27.1. The van der Waals surface area contributed by atoms with Gasteiger partial charge in [-0.15, -0.1) is 0 Å². The van der Waals surface area contributed by atoms with Crippen molar-refractivity contribution < 1.29 is 42.9 Å². The second-order valence-electron chi connectivity index (χ2n) is 10.6. The molecule has 0 heterocycles. The van der Waals surface area contributed by atoms with Gasteiger partial charge in [-0.05, 0) is 81.6 Å². The van der Waals surface area contributed by atoms with E-state index in [0.29, 0.717) is 28.0 Å². The van der Waals surface area contributed by atoms with E-state index in [2.05, 4.69) is 26.3 Å². The molecule has 0 aliphatic heterocycles. The number of allylic oxidation sites excluding steroid dienone is 1. The fourth-order valence-electron chi connectivity index (χ4n) is 3.73. The molecule has 0 atom stereocenters. The molecule has 0 N–H and O–H groups in total. The zero-order chi connectivity index (χ0) is 34.8. The highest BCUT2D eigenvalue weighted by molar-refractivity contribution is 5.93. The Morgan fingerprint density at radius 3 is 1.32 bits per heavy atom. The van der Waals surface area contributed by atoms with Gasteiger partial charge in [0.05, 0.1) is 0 Å². The molecule has 0 aromatic heterocycles. The van der Waals surface area contributed by atoms with Crippen molar-refractivity contribution in [2.24, 2.45) is 0 Å². The SMILES string of the molecule is C=C(C)C(=O)Oc1ccc(-c2ccc(-c3ccc(OC(=O)C(=C)C)c(OC(=O)C(=C)C)c3)c(OC/C=C/C)c2)cc1OC(=O)C(=C)C. The zero-order valence-corrected chi connectivity index (χ0v) is 27.1. The number of carbonyl (C=O) groups is 4. The molecule has 0 radical (unpaired) electrons. The van der Waals surface area contributed by atoms with Crippen molar-refractivity contribution in [3.63, 3.8) is 0 Å². The van der Waals surface area contributed by atoms with Gasteiger partial charge in [0, 0.05) is 27.9 Å². The average molecular weight is 637 g/mol. The maximum Gasteiger partial charge on any atom is 0.338 e. The fourth-order valence-corrected chi connectivity index (χ4v) is 3.73. The maximum atomic E-state index is 12.4. The van der Waals surface area contributed by atoms with Gasteiger partial charge in [-0.2, -0.15) is 0 Å². The first kappa shape index (κ1) is 35.5. The summed E-state index contributed by atoms with van der Waals surface area (Å²) in [4.78, 5) is 49.4. The van der Waals surface area contributed by atoms with E-state index in [1.54, 1.807) is 36.4 Å². The summed E-state index contributed by atoms with van der Waals surface area (Å²) in [5.41, 5.74) is 3.16. The molecule has 0 unspecified atom stereocenters. The Bertz CT molecular complexity index is 1820. The van der Waals surface area contributed by atoms with Crippen LogP contribution in [0.15, 0.2) is 115 Å². The second kappa shape index (κ2) is 15.9. The lowest BCUT2D eigenvalue weighted by molar-refractivity contribution is -0.132. The van der Waals surface area contributed by atoms with Gasteiger partial charge in [0.15, 0.2) is 23.0 Å². The van der Waals surface area contributed by atoms with Crippen LogP contribution >= 0.6 is 0 Å². The number of esters is 4. The van der Waals surface area contributed by atoms with Gasteiger partial charge in [0.2, 0.25) is 0 Å². The van der Waals surface area contributed by atoms with Gasteiger partial charge < -0.3 is 23.7 Å². The van der Waals surface area contributed by atoms with E-state index in [1.165, 1.54) is 39.8 Å². The minimum atomic E-state index is -0.699. The summed E-state index contributed by atoms with van der Waals surface area (Å²) in [7, 11) is 0. The van der Waals surface area contributed by atoms with E-state index < -0.39 is 23.9 Å². The third kappa shape index (κ3) is 9.51. The molecule has 3 aromatic carbocycles. The number of carbonyl (C=O) groups excluding carboxylic acids is 4. The topological polar surface area (TPSA) is 114 Å². The van der Waals surface area contributed by atoms with Crippen molar-refractivity contribution in [1.29, 1.82) is 0 Å². The fraction of sp³-hybridized carbons (Fsp3) is 0.158. The Morgan fingerprint density at radius 2 is 0.894 bits per heavy atom. The third-order valence-corrected chi connectivity index (χ3v) is 6.29. The molecule has 0 saturated carbocycles. The van der Waals surface area contributed by atoms with Gasteiger partial charge >= 0.3 is 23.9 Å². The minimum Gasteiger partial charge on any atom is -0.489 e. The summed E-state index contributed by atoms with van der Waals surface area (Å²) in [6, 6.07) is 14.9. The van der Waals surface area contributed by atoms with E-state index in [9.17, 15) is 19.2 Å². The van der Waals surface area contributed by atoms with E-state index in [-0.39, 0.29) is 51.9 Å². The molecule has 0 spiro atoms. The molecule has 0 fully saturated rings.